The van der Waals surface area contributed by atoms with Gasteiger partial charge in [-0.15, -0.1) is 0 Å². The van der Waals surface area contributed by atoms with Crippen molar-refractivity contribution in [2.24, 2.45) is 5.92 Å². The molecular weight excluding hydrogens is 290 g/mol. The van der Waals surface area contributed by atoms with Crippen molar-refractivity contribution >= 4 is 25.6 Å². The Morgan fingerprint density at radius 2 is 2.21 bits per heavy atom. The van der Waals surface area contributed by atoms with Crippen LogP contribution in [0.3, 0.4) is 0 Å². The van der Waals surface area contributed by atoms with E-state index in [9.17, 15) is 13.2 Å². The van der Waals surface area contributed by atoms with E-state index in [1.807, 2.05) is 0 Å². The van der Waals surface area contributed by atoms with E-state index in [2.05, 4.69) is 15.5 Å². The molecular formula is C11H16ClN3O3S. The van der Waals surface area contributed by atoms with Gasteiger partial charge in [0.05, 0.1) is 5.69 Å². The van der Waals surface area contributed by atoms with Crippen LogP contribution in [-0.4, -0.2) is 31.1 Å². The highest BCUT2D eigenvalue weighted by Crippen LogP contribution is 2.28. The van der Waals surface area contributed by atoms with Crippen LogP contribution in [0.25, 0.3) is 0 Å². The van der Waals surface area contributed by atoms with E-state index in [-0.39, 0.29) is 16.3 Å². The number of amides is 1. The fourth-order valence-electron chi connectivity index (χ4n) is 2.13. The number of nitrogens with one attached hydrogen (secondary N) is 2. The molecule has 2 N–H and O–H groups in total. The lowest BCUT2D eigenvalue weighted by Gasteiger charge is -2.25. The normalized spacial score (nSPS) is 16.1. The Hall–Kier alpha value is -1.08. The minimum atomic E-state index is -3.98. The number of aryl methyl sites for hydroxylation is 1. The number of hydrogen-bond acceptors (Lipinski definition) is 4. The summed E-state index contributed by atoms with van der Waals surface area (Å²) in [6.45, 7) is 2.03. The third-order valence-corrected chi connectivity index (χ3v) is 4.86. The summed E-state index contributed by atoms with van der Waals surface area (Å²) in [7, 11) is 1.32. The molecule has 1 saturated carbocycles. The summed E-state index contributed by atoms with van der Waals surface area (Å²) in [5.74, 6) is 0.167. The van der Waals surface area contributed by atoms with Crippen LogP contribution in [0.2, 0.25) is 0 Å². The van der Waals surface area contributed by atoms with E-state index >= 15 is 0 Å². The van der Waals surface area contributed by atoms with Crippen LogP contribution in [0.15, 0.2) is 4.90 Å². The number of nitrogens with zero attached hydrogens (tertiary/aromatic N) is 1. The molecule has 1 heterocycles. The van der Waals surface area contributed by atoms with Crippen molar-refractivity contribution in [3.8, 4) is 0 Å². The zero-order chi connectivity index (χ0) is 14.0. The van der Waals surface area contributed by atoms with E-state index < -0.39 is 15.0 Å². The maximum Gasteiger partial charge on any atom is 0.273 e. The number of carbonyl (C=O) groups excluding carboxylic acids is 1. The Morgan fingerprint density at radius 1 is 1.53 bits per heavy atom. The molecule has 0 aromatic carbocycles. The number of aromatic amines is 1. The first-order chi connectivity index (χ1) is 8.89. The first-order valence-electron chi connectivity index (χ1n) is 6.17. The van der Waals surface area contributed by atoms with Crippen molar-refractivity contribution in [2.75, 3.05) is 6.54 Å². The van der Waals surface area contributed by atoms with Gasteiger partial charge in [0.15, 0.2) is 5.69 Å². The van der Waals surface area contributed by atoms with Crippen molar-refractivity contribution in [2.45, 2.75) is 37.5 Å². The van der Waals surface area contributed by atoms with Gasteiger partial charge in [0.25, 0.3) is 15.0 Å². The number of carbonyl (C=O) groups is 1. The molecule has 19 heavy (non-hydrogen) atoms. The summed E-state index contributed by atoms with van der Waals surface area (Å²) in [5.41, 5.74) is 0.0975. The molecule has 1 amide bonds. The van der Waals surface area contributed by atoms with Crippen LogP contribution >= 0.6 is 10.7 Å². The third kappa shape index (κ3) is 3.27. The summed E-state index contributed by atoms with van der Waals surface area (Å²) >= 11 is 0. The summed E-state index contributed by atoms with van der Waals surface area (Å²) in [5, 5.41) is 8.86. The van der Waals surface area contributed by atoms with Crippen LogP contribution in [0.4, 0.5) is 0 Å². The zero-order valence-corrected chi connectivity index (χ0v) is 12.1. The minimum absolute atomic E-state index is 0.166. The molecule has 0 saturated heterocycles. The molecule has 0 aliphatic heterocycles. The van der Waals surface area contributed by atoms with Gasteiger partial charge < -0.3 is 5.32 Å². The average Bonchev–Trinajstić information content (AvgIpc) is 2.63. The quantitative estimate of drug-likeness (QED) is 0.808. The zero-order valence-electron chi connectivity index (χ0n) is 10.6. The second-order valence-corrected chi connectivity index (χ2v) is 7.31. The highest BCUT2D eigenvalue weighted by atomic mass is 35.7. The van der Waals surface area contributed by atoms with E-state index in [1.54, 1.807) is 0 Å². The number of rotatable bonds is 5. The van der Waals surface area contributed by atoms with Crippen LogP contribution in [0.1, 0.15) is 41.9 Å². The molecule has 2 rings (SSSR count). The van der Waals surface area contributed by atoms with E-state index in [0.717, 1.165) is 6.42 Å². The second-order valence-electron chi connectivity index (χ2n) is 4.81. The van der Waals surface area contributed by atoms with Crippen molar-refractivity contribution in [1.29, 1.82) is 0 Å². The van der Waals surface area contributed by atoms with Crippen LogP contribution in [-0.2, 0) is 9.05 Å². The van der Waals surface area contributed by atoms with E-state index in [1.165, 1.54) is 26.2 Å². The first-order valence-corrected chi connectivity index (χ1v) is 8.48. The lowest BCUT2D eigenvalue weighted by Crippen LogP contribution is -2.28. The molecule has 106 valence electrons. The number of hydrogen-bond donors (Lipinski definition) is 2. The largest absolute Gasteiger partial charge is 0.351 e. The molecule has 8 heteroatoms. The lowest BCUT2D eigenvalue weighted by atomic mass is 9.83. The lowest BCUT2D eigenvalue weighted by molar-refractivity contribution is 0.0940. The highest BCUT2D eigenvalue weighted by Gasteiger charge is 2.26. The first kappa shape index (κ1) is 14.3. The van der Waals surface area contributed by atoms with Crippen LogP contribution in [0, 0.1) is 12.8 Å². The number of aromatic nitrogens is 2. The van der Waals surface area contributed by atoms with Crippen LogP contribution < -0.4 is 5.32 Å². The van der Waals surface area contributed by atoms with Crippen LogP contribution in [0.5, 0.6) is 0 Å². The summed E-state index contributed by atoms with van der Waals surface area (Å²) in [4.78, 5) is 11.7. The van der Waals surface area contributed by atoms with Gasteiger partial charge in [-0.3, -0.25) is 9.89 Å². The summed E-state index contributed by atoms with van der Waals surface area (Å²) < 4.78 is 22.8. The Labute approximate surface area is 116 Å². The number of H-pyrrole nitrogens is 1. The average molecular weight is 306 g/mol. The second kappa shape index (κ2) is 5.50. The maximum atomic E-state index is 11.9. The van der Waals surface area contributed by atoms with E-state index in [4.69, 9.17) is 10.7 Å². The van der Waals surface area contributed by atoms with Gasteiger partial charge in [-0.25, -0.2) is 8.42 Å². The van der Waals surface area contributed by atoms with Gasteiger partial charge in [-0.2, -0.15) is 5.10 Å². The van der Waals surface area contributed by atoms with Crippen molar-refractivity contribution in [3.05, 3.63) is 11.4 Å². The maximum absolute atomic E-state index is 11.9. The fraction of sp³-hybridized carbons (Fsp3) is 0.636. The molecule has 6 nitrogen and oxygen atoms in total. The fourth-order valence-corrected chi connectivity index (χ4v) is 3.47. The number of halogens is 1. The Morgan fingerprint density at radius 3 is 2.74 bits per heavy atom. The predicted octanol–water partition coefficient (Wildman–Crippen LogP) is 1.57. The molecule has 1 fully saturated rings. The molecule has 0 atom stereocenters. The molecule has 0 unspecified atom stereocenters. The predicted molar refractivity (Wildman–Crippen MR) is 70.7 cm³/mol. The van der Waals surface area contributed by atoms with Gasteiger partial charge in [0.2, 0.25) is 0 Å². The molecule has 0 spiro atoms. The Kier molecular flexibility index (Phi) is 4.15. The van der Waals surface area contributed by atoms with Gasteiger partial charge in [-0.05, 0) is 19.3 Å². The van der Waals surface area contributed by atoms with Crippen molar-refractivity contribution in [3.63, 3.8) is 0 Å². The summed E-state index contributed by atoms with van der Waals surface area (Å²) in [6, 6.07) is 0. The summed E-state index contributed by atoms with van der Waals surface area (Å²) in [6.07, 6.45) is 4.58. The molecule has 1 aliphatic rings. The Bertz CT molecular complexity index is 578. The molecule has 1 aromatic rings. The molecule has 0 bridgehead atoms. The third-order valence-electron chi connectivity index (χ3n) is 3.41. The van der Waals surface area contributed by atoms with Crippen molar-refractivity contribution < 1.29 is 13.2 Å². The molecule has 1 aliphatic carbocycles. The SMILES string of the molecule is Cc1[nH]nc(C(=O)NCCC2CCC2)c1S(=O)(=O)Cl. The van der Waals surface area contributed by atoms with Gasteiger partial charge in [0, 0.05) is 17.2 Å². The highest BCUT2D eigenvalue weighted by molar-refractivity contribution is 8.13. The standard InChI is InChI=1S/C11H16ClN3O3S/c1-7-10(19(12,17)18)9(15-14-7)11(16)13-6-5-8-3-2-4-8/h8H,2-6H2,1H3,(H,13,16)(H,14,15). The van der Waals surface area contributed by atoms with Crippen molar-refractivity contribution in [1.82, 2.24) is 15.5 Å². The van der Waals surface area contributed by atoms with Gasteiger partial charge in [-0.1, -0.05) is 19.3 Å². The topological polar surface area (TPSA) is 91.9 Å². The monoisotopic (exact) mass is 305 g/mol. The van der Waals surface area contributed by atoms with E-state index in [0.29, 0.717) is 12.5 Å². The minimum Gasteiger partial charge on any atom is -0.351 e. The molecule has 0 radical (unpaired) electrons. The van der Waals surface area contributed by atoms with Gasteiger partial charge in [0.1, 0.15) is 4.90 Å². The van der Waals surface area contributed by atoms with Gasteiger partial charge >= 0.3 is 0 Å². The smallest absolute Gasteiger partial charge is 0.273 e. The Balaban J connectivity index is 2.02. The molecule has 1 aromatic heterocycles.